The van der Waals surface area contributed by atoms with Gasteiger partial charge in [-0.3, -0.25) is 4.79 Å². The van der Waals surface area contributed by atoms with Gasteiger partial charge in [-0.05, 0) is 30.3 Å². The van der Waals surface area contributed by atoms with E-state index in [1.54, 1.807) is 66.7 Å². The summed E-state index contributed by atoms with van der Waals surface area (Å²) in [6.45, 7) is -0.331. The summed E-state index contributed by atoms with van der Waals surface area (Å²) in [4.78, 5) is 29.9. The van der Waals surface area contributed by atoms with E-state index in [-0.39, 0.29) is 23.5 Å². The van der Waals surface area contributed by atoms with E-state index in [4.69, 9.17) is 16.3 Å². The molecule has 6 nitrogen and oxygen atoms in total. The third-order valence-electron chi connectivity index (χ3n) is 4.50. The molecule has 1 aromatic heterocycles. The van der Waals surface area contributed by atoms with E-state index < -0.39 is 11.8 Å². The number of para-hydroxylation sites is 2. The van der Waals surface area contributed by atoms with Gasteiger partial charge in [-0.2, -0.15) is 4.73 Å². The average molecular weight is 419 g/mol. The van der Waals surface area contributed by atoms with E-state index in [0.29, 0.717) is 26.4 Å². The summed E-state index contributed by atoms with van der Waals surface area (Å²) >= 11 is 5.84. The van der Waals surface area contributed by atoms with Crippen molar-refractivity contribution in [3.05, 3.63) is 112 Å². The molecule has 7 heteroatoms. The molecule has 0 atom stereocenters. The Bertz CT molecular complexity index is 1240. The maximum absolute atomic E-state index is 13.1. The largest absolute Gasteiger partial charge is 0.618 e. The second-order valence-electron chi connectivity index (χ2n) is 6.47. The molecule has 0 unspecified atom stereocenters. The maximum atomic E-state index is 13.1. The van der Waals surface area contributed by atoms with Crippen LogP contribution in [0.25, 0.3) is 11.0 Å². The van der Waals surface area contributed by atoms with Crippen molar-refractivity contribution in [3.8, 4) is 0 Å². The molecule has 0 aliphatic rings. The number of hydrogen-bond acceptors (Lipinski definition) is 5. The number of benzene rings is 3. The summed E-state index contributed by atoms with van der Waals surface area (Å²) in [6.07, 6.45) is 0. The van der Waals surface area contributed by atoms with Gasteiger partial charge in [0.25, 0.3) is 11.5 Å². The molecule has 0 radical (unpaired) electrons. The lowest BCUT2D eigenvalue weighted by Crippen LogP contribution is -2.38. The van der Waals surface area contributed by atoms with Crippen molar-refractivity contribution in [2.24, 2.45) is 0 Å². The van der Waals surface area contributed by atoms with Crippen LogP contribution in [0.2, 0.25) is 5.02 Å². The van der Waals surface area contributed by atoms with E-state index in [2.05, 4.69) is 4.98 Å². The molecular formula is C23H15ClN2O4. The summed E-state index contributed by atoms with van der Waals surface area (Å²) in [5.74, 6) is -1.11. The highest BCUT2D eigenvalue weighted by Gasteiger charge is 2.28. The lowest BCUT2D eigenvalue weighted by Gasteiger charge is -2.12. The Kier molecular flexibility index (Phi) is 5.41. The molecule has 0 aliphatic heterocycles. The van der Waals surface area contributed by atoms with Crippen LogP contribution in [-0.2, 0) is 11.3 Å². The number of carbonyl (C=O) groups excluding carboxylic acids is 2. The second-order valence-corrected chi connectivity index (χ2v) is 6.90. The van der Waals surface area contributed by atoms with Crippen LogP contribution in [0.1, 0.15) is 32.1 Å². The monoisotopic (exact) mass is 418 g/mol. The number of carbonyl (C=O) groups is 2. The third-order valence-corrected chi connectivity index (χ3v) is 4.76. The van der Waals surface area contributed by atoms with Crippen LogP contribution in [-0.4, -0.2) is 16.7 Å². The molecule has 1 heterocycles. The summed E-state index contributed by atoms with van der Waals surface area (Å²) in [5.41, 5.74) is 1.19. The number of fused-ring (bicyclic) bond motifs is 1. The van der Waals surface area contributed by atoms with Gasteiger partial charge in [0.05, 0.1) is 5.56 Å². The van der Waals surface area contributed by atoms with Crippen LogP contribution in [0.3, 0.4) is 0 Å². The Hall–Kier alpha value is -3.77. The normalized spacial score (nSPS) is 10.7. The SMILES string of the molecule is O=C(OCc1nc2ccccc2[n+]([O-])c1C(=O)c1ccccc1)c1ccc(Cl)cc1. The molecule has 148 valence electrons. The second kappa shape index (κ2) is 8.31. The molecule has 0 saturated carbocycles. The van der Waals surface area contributed by atoms with Crippen molar-refractivity contribution in [2.75, 3.05) is 0 Å². The minimum atomic E-state index is -0.614. The molecule has 4 aromatic rings. The van der Waals surface area contributed by atoms with E-state index in [9.17, 15) is 14.8 Å². The standard InChI is InChI=1S/C23H15ClN2O4/c24-17-12-10-16(11-13-17)23(28)30-14-19-21(22(27)15-6-2-1-3-7-15)26(29)20-9-5-4-8-18(20)25-19/h1-13H,14H2. The van der Waals surface area contributed by atoms with Gasteiger partial charge >= 0.3 is 5.97 Å². The van der Waals surface area contributed by atoms with Crippen molar-refractivity contribution in [2.45, 2.75) is 6.61 Å². The molecule has 0 saturated heterocycles. The Labute approximate surface area is 176 Å². The minimum absolute atomic E-state index is 0.0832. The van der Waals surface area contributed by atoms with Gasteiger partial charge in [0, 0.05) is 16.7 Å². The van der Waals surface area contributed by atoms with Gasteiger partial charge in [0.15, 0.2) is 5.69 Å². The van der Waals surface area contributed by atoms with Crippen LogP contribution >= 0.6 is 11.6 Å². The Morgan fingerprint density at radius 3 is 2.30 bits per heavy atom. The van der Waals surface area contributed by atoms with Crippen molar-refractivity contribution < 1.29 is 19.1 Å². The number of ketones is 1. The number of ether oxygens (including phenoxy) is 1. The lowest BCUT2D eigenvalue weighted by atomic mass is 10.1. The minimum Gasteiger partial charge on any atom is -0.618 e. The van der Waals surface area contributed by atoms with Crippen LogP contribution in [0, 0.1) is 5.21 Å². The number of hydrogen-bond donors (Lipinski definition) is 0. The zero-order valence-corrected chi connectivity index (χ0v) is 16.4. The smallest absolute Gasteiger partial charge is 0.338 e. The Balaban J connectivity index is 1.73. The first-order valence-electron chi connectivity index (χ1n) is 9.08. The van der Waals surface area contributed by atoms with Gasteiger partial charge in [-0.15, -0.1) is 0 Å². The average Bonchev–Trinajstić information content (AvgIpc) is 2.78. The molecule has 0 N–H and O–H groups in total. The molecule has 0 amide bonds. The fraction of sp³-hybridized carbons (Fsp3) is 0.0435. The molecule has 0 spiro atoms. The number of aromatic nitrogens is 2. The molecule has 4 rings (SSSR count). The van der Waals surface area contributed by atoms with Gasteiger partial charge < -0.3 is 9.94 Å². The quantitative estimate of drug-likeness (QED) is 0.211. The Morgan fingerprint density at radius 2 is 1.57 bits per heavy atom. The van der Waals surface area contributed by atoms with Crippen molar-refractivity contribution in [1.29, 1.82) is 0 Å². The fourth-order valence-electron chi connectivity index (χ4n) is 3.02. The Morgan fingerprint density at radius 1 is 0.900 bits per heavy atom. The van der Waals surface area contributed by atoms with Crippen molar-refractivity contribution in [1.82, 2.24) is 4.98 Å². The number of nitrogens with zero attached hydrogens (tertiary/aromatic N) is 2. The van der Waals surface area contributed by atoms with Crippen LogP contribution in [0.5, 0.6) is 0 Å². The first-order valence-corrected chi connectivity index (χ1v) is 9.46. The molecular weight excluding hydrogens is 404 g/mol. The lowest BCUT2D eigenvalue weighted by molar-refractivity contribution is -0.580. The summed E-state index contributed by atoms with van der Waals surface area (Å²) in [6, 6.07) is 21.3. The number of halogens is 1. The van der Waals surface area contributed by atoms with E-state index in [0.717, 1.165) is 0 Å². The van der Waals surface area contributed by atoms with Gasteiger partial charge in [-0.25, -0.2) is 9.78 Å². The molecule has 0 bridgehead atoms. The summed E-state index contributed by atoms with van der Waals surface area (Å²) < 4.78 is 5.88. The topological polar surface area (TPSA) is 83.2 Å². The summed E-state index contributed by atoms with van der Waals surface area (Å²) in [7, 11) is 0. The molecule has 30 heavy (non-hydrogen) atoms. The number of esters is 1. The van der Waals surface area contributed by atoms with Gasteiger partial charge in [-0.1, -0.05) is 54.1 Å². The zero-order chi connectivity index (χ0) is 21.1. The highest BCUT2D eigenvalue weighted by atomic mass is 35.5. The first-order chi connectivity index (χ1) is 14.5. The zero-order valence-electron chi connectivity index (χ0n) is 15.6. The van der Waals surface area contributed by atoms with E-state index >= 15 is 0 Å². The molecule has 0 fully saturated rings. The number of rotatable bonds is 5. The fourth-order valence-corrected chi connectivity index (χ4v) is 3.15. The van der Waals surface area contributed by atoms with Crippen LogP contribution < -0.4 is 4.73 Å². The summed E-state index contributed by atoms with van der Waals surface area (Å²) in [5, 5.41) is 13.5. The predicted molar refractivity (Wildman–Crippen MR) is 111 cm³/mol. The van der Waals surface area contributed by atoms with Crippen molar-refractivity contribution in [3.63, 3.8) is 0 Å². The molecule has 3 aromatic carbocycles. The van der Waals surface area contributed by atoms with E-state index in [1.165, 1.54) is 12.1 Å². The maximum Gasteiger partial charge on any atom is 0.338 e. The first kappa shape index (κ1) is 19.5. The van der Waals surface area contributed by atoms with Crippen molar-refractivity contribution >= 4 is 34.4 Å². The predicted octanol–water partition coefficient (Wildman–Crippen LogP) is 4.11. The third kappa shape index (κ3) is 3.86. The van der Waals surface area contributed by atoms with E-state index in [1.807, 2.05) is 0 Å². The molecule has 0 aliphatic carbocycles. The van der Waals surface area contributed by atoms with Gasteiger partial charge in [0.1, 0.15) is 12.1 Å². The highest BCUT2D eigenvalue weighted by molar-refractivity contribution is 6.30. The van der Waals surface area contributed by atoms with Gasteiger partial charge in [0.2, 0.25) is 5.52 Å². The van der Waals surface area contributed by atoms with Crippen LogP contribution in [0.4, 0.5) is 0 Å². The highest BCUT2D eigenvalue weighted by Crippen LogP contribution is 2.17. The van der Waals surface area contributed by atoms with Crippen LogP contribution in [0.15, 0.2) is 78.9 Å².